The maximum absolute atomic E-state index is 14.4. The number of rotatable bonds is 3. The fourth-order valence-electron chi connectivity index (χ4n) is 3.41. The van der Waals surface area contributed by atoms with Crippen LogP contribution in [0.25, 0.3) is 27.9 Å². The highest BCUT2D eigenvalue weighted by Gasteiger charge is 2.31. The van der Waals surface area contributed by atoms with Gasteiger partial charge in [0.2, 0.25) is 10.0 Å². The second-order valence-corrected chi connectivity index (χ2v) is 8.94. The Morgan fingerprint density at radius 3 is 2.57 bits per heavy atom. The summed E-state index contributed by atoms with van der Waals surface area (Å²) in [5, 5.41) is 0.372. The molecule has 0 radical (unpaired) electrons. The summed E-state index contributed by atoms with van der Waals surface area (Å²) in [6.45, 7) is 0.519. The third-order valence-electron chi connectivity index (χ3n) is 4.96. The molecule has 0 saturated carbocycles. The zero-order chi connectivity index (χ0) is 21.7. The van der Waals surface area contributed by atoms with Gasteiger partial charge in [0.1, 0.15) is 17.8 Å². The highest BCUT2D eigenvalue weighted by Crippen LogP contribution is 2.36. The van der Waals surface area contributed by atoms with Crippen LogP contribution in [0.15, 0.2) is 36.7 Å². The van der Waals surface area contributed by atoms with E-state index in [2.05, 4.69) is 15.0 Å². The lowest BCUT2D eigenvalue weighted by molar-refractivity contribution is -0.137. The van der Waals surface area contributed by atoms with Crippen molar-refractivity contribution in [3.05, 3.63) is 53.7 Å². The number of aromatic nitrogens is 3. The molecule has 3 aromatic rings. The summed E-state index contributed by atoms with van der Waals surface area (Å²) in [7, 11) is -3.30. The Morgan fingerprint density at radius 1 is 1.17 bits per heavy atom. The van der Waals surface area contributed by atoms with E-state index in [0.717, 1.165) is 30.3 Å². The van der Waals surface area contributed by atoms with Crippen LogP contribution in [0, 0.1) is 5.82 Å². The van der Waals surface area contributed by atoms with Gasteiger partial charge in [0.15, 0.2) is 0 Å². The summed E-state index contributed by atoms with van der Waals surface area (Å²) in [4.78, 5) is 11.2. The predicted octanol–water partition coefficient (Wildman–Crippen LogP) is 3.83. The van der Waals surface area contributed by atoms with Crippen molar-refractivity contribution in [1.82, 2.24) is 19.3 Å². The maximum atomic E-state index is 14.4. The van der Waals surface area contributed by atoms with Crippen LogP contribution in [0.4, 0.5) is 17.6 Å². The zero-order valence-corrected chi connectivity index (χ0v) is 16.5. The summed E-state index contributed by atoms with van der Waals surface area (Å²) < 4.78 is 78.3. The van der Waals surface area contributed by atoms with Crippen molar-refractivity contribution in [3.8, 4) is 11.3 Å². The minimum absolute atomic E-state index is 0.0419. The Morgan fingerprint density at radius 2 is 1.93 bits per heavy atom. The average Bonchev–Trinajstić information content (AvgIpc) is 3.11. The van der Waals surface area contributed by atoms with Gasteiger partial charge in [-0.2, -0.15) is 17.5 Å². The number of alkyl halides is 3. The molecule has 4 rings (SSSR count). The van der Waals surface area contributed by atoms with Crippen LogP contribution in [0.2, 0.25) is 0 Å². The van der Waals surface area contributed by atoms with Gasteiger partial charge < -0.3 is 4.98 Å². The molecule has 0 aliphatic carbocycles. The van der Waals surface area contributed by atoms with E-state index >= 15 is 0 Å². The third kappa shape index (κ3) is 3.82. The maximum Gasteiger partial charge on any atom is 0.416 e. The Labute approximate surface area is 169 Å². The molecule has 0 unspecified atom stereocenters. The van der Waals surface area contributed by atoms with Crippen molar-refractivity contribution < 1.29 is 26.0 Å². The zero-order valence-electron chi connectivity index (χ0n) is 15.7. The summed E-state index contributed by atoms with van der Waals surface area (Å²) in [6, 6.07) is 3.82. The quantitative estimate of drug-likeness (QED) is 0.628. The van der Waals surface area contributed by atoms with Crippen LogP contribution in [0.5, 0.6) is 0 Å². The normalized spacial score (nSPS) is 16.1. The molecule has 158 valence electrons. The van der Waals surface area contributed by atoms with E-state index in [9.17, 15) is 26.0 Å². The molecule has 0 spiro atoms. The minimum Gasteiger partial charge on any atom is -0.339 e. The monoisotopic (exact) mass is 440 g/mol. The molecule has 0 saturated heterocycles. The summed E-state index contributed by atoms with van der Waals surface area (Å²) in [5.74, 6) is -0.827. The van der Waals surface area contributed by atoms with Gasteiger partial charge in [0.05, 0.1) is 17.5 Å². The molecule has 0 amide bonds. The lowest BCUT2D eigenvalue weighted by Crippen LogP contribution is -2.33. The first kappa shape index (κ1) is 20.5. The van der Waals surface area contributed by atoms with E-state index in [0.29, 0.717) is 35.8 Å². The van der Waals surface area contributed by atoms with E-state index in [4.69, 9.17) is 0 Å². The second kappa shape index (κ2) is 7.17. The number of halogens is 4. The number of nitrogens with one attached hydrogen (secondary N) is 1. The second-order valence-electron chi connectivity index (χ2n) is 6.96. The molecule has 0 atom stereocenters. The molecule has 3 heterocycles. The number of sulfonamides is 1. The molecule has 6 nitrogen and oxygen atoms in total. The number of aromatic amines is 1. The van der Waals surface area contributed by atoms with Gasteiger partial charge in [-0.25, -0.2) is 22.8 Å². The fraction of sp³-hybridized carbons (Fsp3) is 0.263. The van der Waals surface area contributed by atoms with E-state index in [1.54, 1.807) is 12.1 Å². The lowest BCUT2D eigenvalue weighted by Gasteiger charge is -2.23. The standard InChI is InChI=1S/C19H16F4N4O2S/c1-30(28,29)27-6-4-11(5-7-27)16-9-14-17(24-10-25-18(14)26-16)13-8-12(19(21,22)23)2-3-15(13)20/h2-4,8-10H,5-7H2,1H3,(H,24,25,26). The van der Waals surface area contributed by atoms with Gasteiger partial charge in [-0.1, -0.05) is 6.08 Å². The molecule has 1 aliphatic heterocycles. The predicted molar refractivity (Wildman–Crippen MR) is 103 cm³/mol. The van der Waals surface area contributed by atoms with Gasteiger partial charge >= 0.3 is 6.18 Å². The van der Waals surface area contributed by atoms with Crippen LogP contribution in [0.1, 0.15) is 17.7 Å². The first-order chi connectivity index (χ1) is 14.0. The first-order valence-corrected chi connectivity index (χ1v) is 10.7. The Hall–Kier alpha value is -2.79. The smallest absolute Gasteiger partial charge is 0.339 e. The van der Waals surface area contributed by atoms with Gasteiger partial charge in [0.25, 0.3) is 0 Å². The van der Waals surface area contributed by atoms with Crippen LogP contribution < -0.4 is 0 Å². The highest BCUT2D eigenvalue weighted by atomic mass is 32.2. The molecule has 1 aliphatic rings. The van der Waals surface area contributed by atoms with Gasteiger partial charge in [-0.15, -0.1) is 0 Å². The Kier molecular flexibility index (Phi) is 4.89. The van der Waals surface area contributed by atoms with Crippen molar-refractivity contribution in [2.24, 2.45) is 0 Å². The van der Waals surface area contributed by atoms with Crippen LogP contribution in [0.3, 0.4) is 0 Å². The molecule has 1 aromatic carbocycles. The van der Waals surface area contributed by atoms with Crippen molar-refractivity contribution in [2.75, 3.05) is 19.3 Å². The molecule has 30 heavy (non-hydrogen) atoms. The van der Waals surface area contributed by atoms with Crippen molar-refractivity contribution in [1.29, 1.82) is 0 Å². The van der Waals surface area contributed by atoms with E-state index < -0.39 is 27.6 Å². The van der Waals surface area contributed by atoms with Crippen molar-refractivity contribution in [2.45, 2.75) is 12.6 Å². The largest absolute Gasteiger partial charge is 0.416 e. The summed E-state index contributed by atoms with van der Waals surface area (Å²) in [5.41, 5.74) is 0.607. The number of hydrogen-bond acceptors (Lipinski definition) is 4. The SMILES string of the molecule is CS(=O)(=O)N1CC=C(c2cc3c(-c4cc(C(F)(F)F)ccc4F)ncnc3[nH]2)CC1. The fourth-order valence-corrected chi connectivity index (χ4v) is 4.18. The van der Waals surface area contributed by atoms with Gasteiger partial charge in [0, 0.05) is 29.7 Å². The first-order valence-electron chi connectivity index (χ1n) is 8.89. The summed E-state index contributed by atoms with van der Waals surface area (Å²) >= 11 is 0. The Balaban J connectivity index is 1.77. The van der Waals surface area contributed by atoms with E-state index in [1.807, 2.05) is 0 Å². The molecular formula is C19H16F4N4O2S. The van der Waals surface area contributed by atoms with Crippen LogP contribution in [-0.4, -0.2) is 47.0 Å². The van der Waals surface area contributed by atoms with Crippen LogP contribution in [-0.2, 0) is 16.2 Å². The number of fused-ring (bicyclic) bond motifs is 1. The van der Waals surface area contributed by atoms with Crippen molar-refractivity contribution in [3.63, 3.8) is 0 Å². The molecule has 0 fully saturated rings. The molecule has 2 aromatic heterocycles. The molecular weight excluding hydrogens is 424 g/mol. The number of nitrogens with zero attached hydrogens (tertiary/aromatic N) is 3. The highest BCUT2D eigenvalue weighted by molar-refractivity contribution is 7.88. The molecule has 1 N–H and O–H groups in total. The lowest BCUT2D eigenvalue weighted by atomic mass is 10.0. The molecule has 11 heteroatoms. The number of H-pyrrole nitrogens is 1. The van der Waals surface area contributed by atoms with E-state index in [-0.39, 0.29) is 17.8 Å². The Bertz CT molecular complexity index is 1270. The van der Waals surface area contributed by atoms with Crippen LogP contribution >= 0.6 is 0 Å². The van der Waals surface area contributed by atoms with Crippen molar-refractivity contribution >= 4 is 26.6 Å². The van der Waals surface area contributed by atoms with Gasteiger partial charge in [-0.3, -0.25) is 0 Å². The van der Waals surface area contributed by atoms with Gasteiger partial charge in [-0.05, 0) is 36.3 Å². The molecule has 0 bridgehead atoms. The minimum atomic E-state index is -4.61. The third-order valence-corrected chi connectivity index (χ3v) is 6.23. The number of hydrogen-bond donors (Lipinski definition) is 1. The number of benzene rings is 1. The topological polar surface area (TPSA) is 79.0 Å². The average molecular weight is 440 g/mol. The summed E-state index contributed by atoms with van der Waals surface area (Å²) in [6.07, 6.45) is -0.122. The van der Waals surface area contributed by atoms with E-state index in [1.165, 1.54) is 4.31 Å².